The van der Waals surface area contributed by atoms with Crippen molar-refractivity contribution >= 4 is 10.8 Å². The molecule has 4 aromatic rings. The molecule has 0 aliphatic heterocycles. The molecule has 2 nitrogen and oxygen atoms in total. The number of benzene rings is 3. The zero-order chi connectivity index (χ0) is 14.9. The molecule has 0 fully saturated rings. The SMILES string of the molecule is Fc1ccccc1-c1ncc(-c2ccc3ccccc3c2)o1. The van der Waals surface area contributed by atoms with Gasteiger partial charge in [0, 0.05) is 5.56 Å². The lowest BCUT2D eigenvalue weighted by Crippen LogP contribution is -1.82. The van der Waals surface area contributed by atoms with Crippen LogP contribution in [0.15, 0.2) is 77.3 Å². The molecule has 0 N–H and O–H groups in total. The maximum absolute atomic E-state index is 13.8. The summed E-state index contributed by atoms with van der Waals surface area (Å²) in [7, 11) is 0. The molecule has 0 unspecified atom stereocenters. The predicted molar refractivity (Wildman–Crippen MR) is 84.8 cm³/mol. The number of fused-ring (bicyclic) bond motifs is 1. The topological polar surface area (TPSA) is 26.0 Å². The van der Waals surface area contributed by atoms with Crippen LogP contribution in [0.25, 0.3) is 33.6 Å². The minimum atomic E-state index is -0.339. The van der Waals surface area contributed by atoms with Crippen LogP contribution in [-0.2, 0) is 0 Å². The number of halogens is 1. The first-order valence-corrected chi connectivity index (χ1v) is 7.01. The first kappa shape index (κ1) is 12.8. The zero-order valence-electron chi connectivity index (χ0n) is 11.7. The molecule has 0 aliphatic carbocycles. The van der Waals surface area contributed by atoms with Gasteiger partial charge in [-0.25, -0.2) is 9.37 Å². The first-order valence-electron chi connectivity index (χ1n) is 7.01. The largest absolute Gasteiger partial charge is 0.436 e. The lowest BCUT2D eigenvalue weighted by atomic mass is 10.1. The third kappa shape index (κ3) is 2.17. The van der Waals surface area contributed by atoms with E-state index in [1.807, 2.05) is 36.4 Å². The number of hydrogen-bond donors (Lipinski definition) is 0. The van der Waals surface area contributed by atoms with E-state index in [4.69, 9.17) is 4.42 Å². The zero-order valence-corrected chi connectivity index (χ0v) is 11.7. The van der Waals surface area contributed by atoms with Crippen molar-refractivity contribution in [3.63, 3.8) is 0 Å². The van der Waals surface area contributed by atoms with Crippen LogP contribution in [0.1, 0.15) is 0 Å². The van der Waals surface area contributed by atoms with Crippen molar-refractivity contribution in [1.82, 2.24) is 4.98 Å². The molecular weight excluding hydrogens is 277 g/mol. The van der Waals surface area contributed by atoms with Gasteiger partial charge in [0.25, 0.3) is 0 Å². The highest BCUT2D eigenvalue weighted by atomic mass is 19.1. The first-order chi connectivity index (χ1) is 10.8. The average Bonchev–Trinajstić information content (AvgIpc) is 3.04. The molecule has 3 aromatic carbocycles. The molecule has 0 saturated heterocycles. The maximum atomic E-state index is 13.8. The van der Waals surface area contributed by atoms with Gasteiger partial charge in [-0.05, 0) is 29.0 Å². The number of oxazole rings is 1. The molecule has 0 radical (unpaired) electrons. The Labute approximate surface area is 126 Å². The molecule has 1 heterocycles. The van der Waals surface area contributed by atoms with Gasteiger partial charge in [-0.15, -0.1) is 0 Å². The van der Waals surface area contributed by atoms with E-state index in [9.17, 15) is 4.39 Å². The van der Waals surface area contributed by atoms with Gasteiger partial charge in [-0.3, -0.25) is 0 Å². The molecule has 0 amide bonds. The minimum absolute atomic E-state index is 0.293. The number of hydrogen-bond acceptors (Lipinski definition) is 2. The van der Waals surface area contributed by atoms with Crippen LogP contribution in [-0.4, -0.2) is 4.98 Å². The number of rotatable bonds is 2. The molecule has 0 aliphatic rings. The Morgan fingerprint density at radius 3 is 2.45 bits per heavy atom. The summed E-state index contributed by atoms with van der Waals surface area (Å²) in [6.45, 7) is 0. The van der Waals surface area contributed by atoms with Gasteiger partial charge in [0.05, 0.1) is 11.8 Å². The van der Waals surface area contributed by atoms with Crippen molar-refractivity contribution < 1.29 is 8.81 Å². The number of aromatic nitrogens is 1. The van der Waals surface area contributed by atoms with Gasteiger partial charge in [0.15, 0.2) is 5.76 Å². The normalized spacial score (nSPS) is 11.0. The third-order valence-corrected chi connectivity index (χ3v) is 3.64. The van der Waals surface area contributed by atoms with E-state index >= 15 is 0 Å². The van der Waals surface area contributed by atoms with E-state index < -0.39 is 0 Å². The fraction of sp³-hybridized carbons (Fsp3) is 0. The fourth-order valence-electron chi connectivity index (χ4n) is 2.51. The molecule has 0 saturated carbocycles. The fourth-order valence-corrected chi connectivity index (χ4v) is 2.51. The van der Waals surface area contributed by atoms with Gasteiger partial charge in [-0.1, -0.05) is 48.5 Å². The van der Waals surface area contributed by atoms with Gasteiger partial charge in [0.2, 0.25) is 5.89 Å². The van der Waals surface area contributed by atoms with Crippen LogP contribution < -0.4 is 0 Å². The standard InChI is InChI=1S/C19H12FNO/c20-17-8-4-3-7-16(17)19-21-12-18(22-19)15-10-9-13-5-1-2-6-14(13)11-15/h1-12H. The van der Waals surface area contributed by atoms with Crippen molar-refractivity contribution in [3.05, 3.63) is 78.7 Å². The van der Waals surface area contributed by atoms with E-state index in [2.05, 4.69) is 11.1 Å². The average molecular weight is 289 g/mol. The maximum Gasteiger partial charge on any atom is 0.229 e. The second kappa shape index (κ2) is 5.11. The Morgan fingerprint density at radius 2 is 1.59 bits per heavy atom. The number of nitrogens with zero attached hydrogens (tertiary/aromatic N) is 1. The van der Waals surface area contributed by atoms with Crippen molar-refractivity contribution in [2.45, 2.75) is 0 Å². The predicted octanol–water partition coefficient (Wildman–Crippen LogP) is 5.30. The Bertz CT molecular complexity index is 958. The summed E-state index contributed by atoms with van der Waals surface area (Å²) in [5, 5.41) is 2.30. The van der Waals surface area contributed by atoms with Crippen molar-refractivity contribution in [2.24, 2.45) is 0 Å². The molecule has 106 valence electrons. The van der Waals surface area contributed by atoms with Gasteiger partial charge < -0.3 is 4.42 Å². The highest BCUT2D eigenvalue weighted by Crippen LogP contribution is 2.29. The van der Waals surface area contributed by atoms with E-state index in [-0.39, 0.29) is 5.82 Å². The van der Waals surface area contributed by atoms with Gasteiger partial charge in [-0.2, -0.15) is 0 Å². The van der Waals surface area contributed by atoms with E-state index in [0.717, 1.165) is 10.9 Å². The van der Waals surface area contributed by atoms with E-state index in [1.165, 1.54) is 11.5 Å². The van der Waals surface area contributed by atoms with Crippen molar-refractivity contribution in [1.29, 1.82) is 0 Å². The minimum Gasteiger partial charge on any atom is -0.436 e. The van der Waals surface area contributed by atoms with Crippen LogP contribution in [0.4, 0.5) is 4.39 Å². The summed E-state index contributed by atoms with van der Waals surface area (Å²) in [5.74, 6) is 0.583. The molecule has 1 aromatic heterocycles. The molecule has 22 heavy (non-hydrogen) atoms. The Balaban J connectivity index is 1.78. The molecule has 0 atom stereocenters. The summed E-state index contributed by atoms with van der Waals surface area (Å²) < 4.78 is 19.5. The summed E-state index contributed by atoms with van der Waals surface area (Å²) in [6, 6.07) is 20.6. The van der Waals surface area contributed by atoms with Gasteiger partial charge >= 0.3 is 0 Å². The Hall–Kier alpha value is -2.94. The van der Waals surface area contributed by atoms with Crippen molar-refractivity contribution in [2.75, 3.05) is 0 Å². The van der Waals surface area contributed by atoms with Crippen molar-refractivity contribution in [3.8, 4) is 22.8 Å². The summed E-state index contributed by atoms with van der Waals surface area (Å²) >= 11 is 0. The van der Waals surface area contributed by atoms with Crippen LogP contribution in [0.5, 0.6) is 0 Å². The highest BCUT2D eigenvalue weighted by Gasteiger charge is 2.12. The summed E-state index contributed by atoms with van der Waals surface area (Å²) in [6.07, 6.45) is 1.63. The quantitative estimate of drug-likeness (QED) is 0.500. The summed E-state index contributed by atoms with van der Waals surface area (Å²) in [5.41, 5.74) is 1.29. The second-order valence-electron chi connectivity index (χ2n) is 5.07. The Morgan fingerprint density at radius 1 is 0.818 bits per heavy atom. The second-order valence-corrected chi connectivity index (χ2v) is 5.07. The van der Waals surface area contributed by atoms with Gasteiger partial charge in [0.1, 0.15) is 5.82 Å². The molecule has 0 spiro atoms. The van der Waals surface area contributed by atoms with E-state index in [1.54, 1.807) is 24.4 Å². The molecule has 0 bridgehead atoms. The molecule has 3 heteroatoms. The third-order valence-electron chi connectivity index (χ3n) is 3.64. The van der Waals surface area contributed by atoms with Crippen LogP contribution in [0, 0.1) is 5.82 Å². The van der Waals surface area contributed by atoms with E-state index in [0.29, 0.717) is 17.2 Å². The molecular formula is C19H12FNO. The molecule has 4 rings (SSSR count). The smallest absolute Gasteiger partial charge is 0.229 e. The van der Waals surface area contributed by atoms with Crippen LogP contribution in [0.2, 0.25) is 0 Å². The highest BCUT2D eigenvalue weighted by molar-refractivity contribution is 5.86. The van der Waals surface area contributed by atoms with Crippen LogP contribution in [0.3, 0.4) is 0 Å². The monoisotopic (exact) mass is 289 g/mol. The lowest BCUT2D eigenvalue weighted by molar-refractivity contribution is 0.573. The lowest BCUT2D eigenvalue weighted by Gasteiger charge is -2.01. The summed E-state index contributed by atoms with van der Waals surface area (Å²) in [4.78, 5) is 4.20. The van der Waals surface area contributed by atoms with Crippen LogP contribution >= 0.6 is 0 Å². The Kier molecular flexibility index (Phi) is 2.97.